The van der Waals surface area contributed by atoms with E-state index in [1.165, 1.54) is 21.5 Å². The molecule has 1 atom stereocenters. The summed E-state index contributed by atoms with van der Waals surface area (Å²) >= 11 is 0. The molecular weight excluding hydrogens is 366 g/mol. The number of nitrogens with zero attached hydrogens (tertiary/aromatic N) is 2. The van der Waals surface area contributed by atoms with E-state index in [0.29, 0.717) is 0 Å². The smallest absolute Gasteiger partial charge is 0.409 e. The first-order valence-corrected chi connectivity index (χ1v) is 10.8. The number of fused-ring (bicyclic) bond motifs is 3. The molecule has 1 N–H and O–H groups in total. The summed E-state index contributed by atoms with van der Waals surface area (Å²) < 4.78 is 5.51. The van der Waals surface area contributed by atoms with E-state index in [4.69, 9.17) is 4.74 Å². The van der Waals surface area contributed by atoms with Gasteiger partial charge in [-0.2, -0.15) is 0 Å². The molecule has 0 bridgehead atoms. The SMILES string of the molecule is CCC1c2[nH]c3ccccc3c2CCN1C(=O)[C@H]1CC[C@H](OC(=O)N(C)C)CC1. The lowest BCUT2D eigenvalue weighted by Crippen LogP contribution is -2.44. The van der Waals surface area contributed by atoms with Crippen LogP contribution in [0.1, 0.15) is 56.3 Å². The summed E-state index contributed by atoms with van der Waals surface area (Å²) in [5.74, 6) is 0.294. The molecule has 2 aliphatic rings. The summed E-state index contributed by atoms with van der Waals surface area (Å²) in [5, 5.41) is 1.29. The van der Waals surface area contributed by atoms with Crippen LogP contribution in [0.25, 0.3) is 10.9 Å². The minimum Gasteiger partial charge on any atom is -0.446 e. The molecule has 1 fully saturated rings. The van der Waals surface area contributed by atoms with Crippen LogP contribution < -0.4 is 0 Å². The van der Waals surface area contributed by atoms with Crippen molar-refractivity contribution in [3.05, 3.63) is 35.5 Å². The Kier molecular flexibility index (Phi) is 5.52. The summed E-state index contributed by atoms with van der Waals surface area (Å²) in [6, 6.07) is 8.53. The van der Waals surface area contributed by atoms with Crippen LogP contribution in [0.15, 0.2) is 24.3 Å². The summed E-state index contributed by atoms with van der Waals surface area (Å²) in [6.07, 6.45) is 4.54. The first kappa shape index (κ1) is 19.8. The number of amides is 2. The van der Waals surface area contributed by atoms with Gasteiger partial charge in [0.1, 0.15) is 6.10 Å². The zero-order chi connectivity index (χ0) is 20.5. The largest absolute Gasteiger partial charge is 0.446 e. The van der Waals surface area contributed by atoms with Crippen molar-refractivity contribution in [1.29, 1.82) is 0 Å². The molecule has 2 amide bonds. The van der Waals surface area contributed by atoms with Gasteiger partial charge in [0.25, 0.3) is 0 Å². The van der Waals surface area contributed by atoms with Gasteiger partial charge in [-0.15, -0.1) is 0 Å². The van der Waals surface area contributed by atoms with Crippen LogP contribution in [-0.4, -0.2) is 53.5 Å². The maximum atomic E-state index is 13.4. The number of H-pyrrole nitrogens is 1. The van der Waals surface area contributed by atoms with Crippen LogP contribution in [0, 0.1) is 5.92 Å². The van der Waals surface area contributed by atoms with Crippen LogP contribution in [0.5, 0.6) is 0 Å². The minimum atomic E-state index is -0.298. The molecule has 29 heavy (non-hydrogen) atoms. The average molecular weight is 398 g/mol. The number of rotatable bonds is 3. The number of nitrogens with one attached hydrogen (secondary N) is 1. The van der Waals surface area contributed by atoms with Crippen molar-refractivity contribution in [2.45, 2.75) is 57.6 Å². The van der Waals surface area contributed by atoms with E-state index < -0.39 is 0 Å². The second-order valence-electron chi connectivity index (χ2n) is 8.52. The molecule has 4 rings (SSSR count). The zero-order valence-corrected chi connectivity index (χ0v) is 17.6. The van der Waals surface area contributed by atoms with E-state index in [-0.39, 0.29) is 30.1 Å². The van der Waals surface area contributed by atoms with Gasteiger partial charge in [0.2, 0.25) is 5.91 Å². The van der Waals surface area contributed by atoms with Gasteiger partial charge >= 0.3 is 6.09 Å². The molecule has 1 aromatic heterocycles. The second kappa shape index (κ2) is 8.09. The number of aromatic amines is 1. The third-order valence-corrected chi connectivity index (χ3v) is 6.48. The molecule has 1 saturated carbocycles. The fourth-order valence-electron chi connectivity index (χ4n) is 4.92. The number of ether oxygens (including phenoxy) is 1. The lowest BCUT2D eigenvalue weighted by molar-refractivity contribution is -0.140. The normalized spacial score (nSPS) is 24.2. The lowest BCUT2D eigenvalue weighted by atomic mass is 9.85. The monoisotopic (exact) mass is 397 g/mol. The zero-order valence-electron chi connectivity index (χ0n) is 17.6. The number of para-hydroxylation sites is 1. The fraction of sp³-hybridized carbons (Fsp3) is 0.565. The number of carbonyl (C=O) groups is 2. The number of carbonyl (C=O) groups excluding carboxylic acids is 2. The highest BCUT2D eigenvalue weighted by atomic mass is 16.6. The van der Waals surface area contributed by atoms with Crippen molar-refractivity contribution in [3.63, 3.8) is 0 Å². The Labute approximate surface area is 172 Å². The van der Waals surface area contributed by atoms with Crippen LogP contribution in [-0.2, 0) is 16.0 Å². The third-order valence-electron chi connectivity index (χ3n) is 6.48. The van der Waals surface area contributed by atoms with Crippen LogP contribution in [0.3, 0.4) is 0 Å². The Bertz CT molecular complexity index is 896. The third kappa shape index (κ3) is 3.72. The molecule has 0 radical (unpaired) electrons. The van der Waals surface area contributed by atoms with Gasteiger partial charge < -0.3 is 19.5 Å². The van der Waals surface area contributed by atoms with Crippen LogP contribution >= 0.6 is 0 Å². The van der Waals surface area contributed by atoms with E-state index in [2.05, 4.69) is 41.1 Å². The molecule has 0 saturated heterocycles. The summed E-state index contributed by atoms with van der Waals surface area (Å²) in [5.41, 5.74) is 3.74. The Hall–Kier alpha value is -2.50. The van der Waals surface area contributed by atoms with Gasteiger partial charge in [-0.1, -0.05) is 25.1 Å². The van der Waals surface area contributed by atoms with Gasteiger partial charge in [-0.3, -0.25) is 4.79 Å². The molecule has 2 heterocycles. The van der Waals surface area contributed by atoms with Crippen molar-refractivity contribution in [1.82, 2.24) is 14.8 Å². The Morgan fingerprint density at radius 2 is 1.90 bits per heavy atom. The second-order valence-corrected chi connectivity index (χ2v) is 8.52. The topological polar surface area (TPSA) is 65.6 Å². The van der Waals surface area contributed by atoms with Crippen molar-refractivity contribution in [2.24, 2.45) is 5.92 Å². The maximum absolute atomic E-state index is 13.4. The Morgan fingerprint density at radius 3 is 2.59 bits per heavy atom. The predicted molar refractivity (Wildman–Crippen MR) is 113 cm³/mol. The summed E-state index contributed by atoms with van der Waals surface area (Å²) in [7, 11) is 3.38. The molecule has 1 aliphatic carbocycles. The summed E-state index contributed by atoms with van der Waals surface area (Å²) in [4.78, 5) is 32.3. The maximum Gasteiger partial charge on any atom is 0.409 e. The predicted octanol–water partition coefficient (Wildman–Crippen LogP) is 4.26. The Balaban J connectivity index is 1.45. The molecule has 6 heteroatoms. The molecule has 156 valence electrons. The Morgan fingerprint density at radius 1 is 1.17 bits per heavy atom. The highest BCUT2D eigenvalue weighted by Crippen LogP contribution is 2.38. The number of aromatic nitrogens is 1. The van der Waals surface area contributed by atoms with Gasteiger partial charge in [-0.25, -0.2) is 4.79 Å². The number of hydrogen-bond donors (Lipinski definition) is 1. The van der Waals surface area contributed by atoms with Gasteiger partial charge in [0.05, 0.1) is 6.04 Å². The van der Waals surface area contributed by atoms with Crippen molar-refractivity contribution >= 4 is 22.9 Å². The van der Waals surface area contributed by atoms with Crippen molar-refractivity contribution < 1.29 is 14.3 Å². The standard InChI is InChI=1S/C23H31N3O3/c1-4-20-21-18(17-7-5-6-8-19(17)24-21)13-14-26(20)22(27)15-9-11-16(12-10-15)29-23(28)25(2)3/h5-8,15-16,20,24H,4,9-14H2,1-3H3/t15-,16-,20?. The summed E-state index contributed by atoms with van der Waals surface area (Å²) in [6.45, 7) is 2.94. The van der Waals surface area contributed by atoms with E-state index in [9.17, 15) is 9.59 Å². The van der Waals surface area contributed by atoms with Gasteiger partial charge in [0.15, 0.2) is 0 Å². The van der Waals surface area contributed by atoms with Gasteiger partial charge in [0, 0.05) is 43.2 Å². The van der Waals surface area contributed by atoms with E-state index >= 15 is 0 Å². The van der Waals surface area contributed by atoms with Crippen LogP contribution in [0.4, 0.5) is 4.79 Å². The quantitative estimate of drug-likeness (QED) is 0.842. The van der Waals surface area contributed by atoms with E-state index in [1.54, 1.807) is 14.1 Å². The van der Waals surface area contributed by atoms with Crippen LogP contribution in [0.2, 0.25) is 0 Å². The van der Waals surface area contributed by atoms with Crippen molar-refractivity contribution in [3.8, 4) is 0 Å². The molecule has 1 aliphatic heterocycles. The molecular formula is C23H31N3O3. The number of hydrogen-bond acceptors (Lipinski definition) is 3. The number of benzene rings is 1. The molecule has 2 aromatic rings. The van der Waals surface area contributed by atoms with E-state index in [1.807, 2.05) is 0 Å². The average Bonchev–Trinajstić information content (AvgIpc) is 3.11. The molecule has 1 unspecified atom stereocenters. The van der Waals surface area contributed by atoms with E-state index in [0.717, 1.165) is 50.6 Å². The minimum absolute atomic E-state index is 0.0317. The highest BCUT2D eigenvalue weighted by Gasteiger charge is 2.37. The molecule has 0 spiro atoms. The molecule has 6 nitrogen and oxygen atoms in total. The molecule has 1 aromatic carbocycles. The lowest BCUT2D eigenvalue weighted by Gasteiger charge is -2.39. The van der Waals surface area contributed by atoms with Crippen molar-refractivity contribution in [2.75, 3.05) is 20.6 Å². The van der Waals surface area contributed by atoms with Gasteiger partial charge in [-0.05, 0) is 50.2 Å². The fourth-order valence-corrected chi connectivity index (χ4v) is 4.92. The first-order valence-electron chi connectivity index (χ1n) is 10.8. The highest BCUT2D eigenvalue weighted by molar-refractivity contribution is 5.86. The first-order chi connectivity index (χ1) is 14.0.